The summed E-state index contributed by atoms with van der Waals surface area (Å²) in [5.41, 5.74) is 1.29. The second-order valence-corrected chi connectivity index (χ2v) is 9.01. The van der Waals surface area contributed by atoms with Crippen LogP contribution >= 0.6 is 0 Å². The molecule has 1 heterocycles. The van der Waals surface area contributed by atoms with E-state index in [4.69, 9.17) is 4.74 Å². The monoisotopic (exact) mass is 416 g/mol. The topological polar surface area (TPSA) is 46.5 Å². The van der Waals surface area contributed by atoms with Gasteiger partial charge in [-0.1, -0.05) is 84.9 Å². The third-order valence-corrected chi connectivity index (χ3v) is 6.28. The van der Waals surface area contributed by atoms with Crippen LogP contribution < -0.4 is 0 Å². The smallest absolute Gasteiger partial charge is 0.347 e. The summed E-state index contributed by atoms with van der Waals surface area (Å²) in [6.45, 7) is 1.90. The van der Waals surface area contributed by atoms with Crippen molar-refractivity contribution < 1.29 is 19.1 Å². The first kappa shape index (κ1) is 21.3. The average Bonchev–Trinajstić information content (AvgIpc) is 2.81. The zero-order valence-corrected chi connectivity index (χ0v) is 18.2. The largest absolute Gasteiger partial charge is 0.459 e. The fourth-order valence-electron chi connectivity index (χ4n) is 4.21. The summed E-state index contributed by atoms with van der Waals surface area (Å²) in [5, 5.41) is 11.7. The Balaban J connectivity index is 1.63. The Hall–Kier alpha value is -2.95. The SMILES string of the molecule is C[N+]1(C)CCC(OC(=O)C(O)(c2ccccc2)c2ccc(-c3ccccc3)cc2)CC1. The highest BCUT2D eigenvalue weighted by Crippen LogP contribution is 2.34. The van der Waals surface area contributed by atoms with E-state index in [-0.39, 0.29) is 6.10 Å². The van der Waals surface area contributed by atoms with Gasteiger partial charge in [0.25, 0.3) is 0 Å². The van der Waals surface area contributed by atoms with E-state index in [0.29, 0.717) is 11.1 Å². The quantitative estimate of drug-likeness (QED) is 0.496. The normalized spacial score (nSPS) is 18.2. The molecule has 1 fully saturated rings. The lowest BCUT2D eigenvalue weighted by Crippen LogP contribution is -2.49. The standard InChI is InChI=1S/C27H30NO3/c1-28(2)19-17-25(18-20-28)31-26(29)27(30,23-11-7-4-8-12-23)24-15-13-22(14-16-24)21-9-5-3-6-10-21/h3-16,25,30H,17-20H2,1-2H3/q+1. The van der Waals surface area contributed by atoms with Gasteiger partial charge in [-0.25, -0.2) is 4.79 Å². The molecule has 0 spiro atoms. The van der Waals surface area contributed by atoms with Crippen LogP contribution in [0.4, 0.5) is 0 Å². The Bertz CT molecular complexity index is 1010. The number of benzene rings is 3. The van der Waals surface area contributed by atoms with Crippen LogP contribution in [0.5, 0.6) is 0 Å². The Morgan fingerprint density at radius 2 is 1.29 bits per heavy atom. The van der Waals surface area contributed by atoms with Crippen LogP contribution in [0.1, 0.15) is 24.0 Å². The van der Waals surface area contributed by atoms with Crippen LogP contribution in [0.25, 0.3) is 11.1 Å². The molecule has 1 aliphatic rings. The number of piperidine rings is 1. The Morgan fingerprint density at radius 3 is 1.87 bits per heavy atom. The van der Waals surface area contributed by atoms with Crippen LogP contribution in [0.2, 0.25) is 0 Å². The minimum absolute atomic E-state index is 0.169. The zero-order chi connectivity index (χ0) is 21.9. The number of hydrogen-bond donors (Lipinski definition) is 1. The molecule has 4 heteroatoms. The van der Waals surface area contributed by atoms with Crippen molar-refractivity contribution in [3.8, 4) is 11.1 Å². The van der Waals surface area contributed by atoms with Gasteiger partial charge in [-0.3, -0.25) is 0 Å². The van der Waals surface area contributed by atoms with Gasteiger partial charge in [0, 0.05) is 12.8 Å². The third-order valence-electron chi connectivity index (χ3n) is 6.28. The first-order chi connectivity index (χ1) is 14.9. The number of nitrogens with zero attached hydrogens (tertiary/aromatic N) is 1. The maximum atomic E-state index is 13.4. The lowest BCUT2D eigenvalue weighted by atomic mass is 9.85. The first-order valence-corrected chi connectivity index (χ1v) is 10.9. The number of aliphatic hydroxyl groups is 1. The molecule has 4 rings (SSSR count). The minimum atomic E-state index is -1.85. The third kappa shape index (κ3) is 4.55. The van der Waals surface area contributed by atoms with Gasteiger partial charge in [0.05, 0.1) is 27.2 Å². The summed E-state index contributed by atoms with van der Waals surface area (Å²) in [5.74, 6) is -0.608. The van der Waals surface area contributed by atoms with Gasteiger partial charge in [0.15, 0.2) is 0 Å². The minimum Gasteiger partial charge on any atom is -0.459 e. The van der Waals surface area contributed by atoms with Crippen molar-refractivity contribution >= 4 is 5.97 Å². The summed E-state index contributed by atoms with van der Waals surface area (Å²) in [6, 6.07) is 26.6. The van der Waals surface area contributed by atoms with E-state index in [1.165, 1.54) is 0 Å². The molecule has 1 unspecified atom stereocenters. The molecular weight excluding hydrogens is 386 g/mol. The van der Waals surface area contributed by atoms with E-state index < -0.39 is 11.6 Å². The number of esters is 1. The molecule has 3 aromatic rings. The molecule has 0 aliphatic carbocycles. The Kier molecular flexibility index (Phi) is 5.94. The van der Waals surface area contributed by atoms with E-state index in [1.54, 1.807) is 12.1 Å². The molecule has 0 radical (unpaired) electrons. The molecule has 0 amide bonds. The number of hydrogen-bond acceptors (Lipinski definition) is 3. The van der Waals surface area contributed by atoms with Crippen molar-refractivity contribution in [2.75, 3.05) is 27.2 Å². The Morgan fingerprint density at radius 1 is 0.806 bits per heavy atom. The highest BCUT2D eigenvalue weighted by Gasteiger charge is 2.43. The van der Waals surface area contributed by atoms with E-state index in [9.17, 15) is 9.90 Å². The van der Waals surface area contributed by atoms with E-state index >= 15 is 0 Å². The first-order valence-electron chi connectivity index (χ1n) is 10.9. The molecule has 0 aromatic heterocycles. The maximum Gasteiger partial charge on any atom is 0.347 e. The van der Waals surface area contributed by atoms with Gasteiger partial charge < -0.3 is 14.3 Å². The van der Waals surface area contributed by atoms with Crippen molar-refractivity contribution in [1.29, 1.82) is 0 Å². The summed E-state index contributed by atoms with van der Waals surface area (Å²) in [4.78, 5) is 13.4. The van der Waals surface area contributed by atoms with Gasteiger partial charge in [0.1, 0.15) is 6.10 Å². The van der Waals surface area contributed by atoms with E-state index in [2.05, 4.69) is 14.1 Å². The molecule has 3 aromatic carbocycles. The van der Waals surface area contributed by atoms with Crippen molar-refractivity contribution in [1.82, 2.24) is 0 Å². The second-order valence-electron chi connectivity index (χ2n) is 9.01. The van der Waals surface area contributed by atoms with Gasteiger partial charge in [0.2, 0.25) is 5.60 Å². The van der Waals surface area contributed by atoms with Crippen LogP contribution in [0.15, 0.2) is 84.9 Å². The molecule has 0 saturated carbocycles. The highest BCUT2D eigenvalue weighted by molar-refractivity contribution is 5.86. The average molecular weight is 417 g/mol. The molecule has 1 atom stereocenters. The van der Waals surface area contributed by atoms with Crippen molar-refractivity contribution in [2.24, 2.45) is 0 Å². The number of rotatable bonds is 5. The van der Waals surface area contributed by atoms with Crippen LogP contribution in [0, 0.1) is 0 Å². The number of ether oxygens (including phenoxy) is 1. The molecule has 0 bridgehead atoms. The van der Waals surface area contributed by atoms with Gasteiger partial charge >= 0.3 is 5.97 Å². The molecule has 31 heavy (non-hydrogen) atoms. The Labute approximate surface area is 184 Å². The summed E-state index contributed by atoms with van der Waals surface area (Å²) < 4.78 is 6.80. The van der Waals surface area contributed by atoms with Crippen LogP contribution in [0.3, 0.4) is 0 Å². The summed E-state index contributed by atoms with van der Waals surface area (Å²) in [7, 11) is 4.37. The second kappa shape index (κ2) is 8.66. The maximum absolute atomic E-state index is 13.4. The molecule has 160 valence electrons. The summed E-state index contributed by atoms with van der Waals surface area (Å²) >= 11 is 0. The van der Waals surface area contributed by atoms with Crippen molar-refractivity contribution in [3.63, 3.8) is 0 Å². The van der Waals surface area contributed by atoms with Gasteiger partial charge in [-0.2, -0.15) is 0 Å². The number of carbonyl (C=O) groups is 1. The zero-order valence-electron chi connectivity index (χ0n) is 18.2. The van der Waals surface area contributed by atoms with E-state index in [1.807, 2.05) is 72.8 Å². The van der Waals surface area contributed by atoms with Crippen LogP contribution in [-0.2, 0) is 15.1 Å². The number of carbonyl (C=O) groups excluding carboxylic acids is 1. The lowest BCUT2D eigenvalue weighted by Gasteiger charge is -2.38. The summed E-state index contributed by atoms with van der Waals surface area (Å²) in [6.07, 6.45) is 1.44. The predicted molar refractivity (Wildman–Crippen MR) is 122 cm³/mol. The molecule has 4 nitrogen and oxygen atoms in total. The van der Waals surface area contributed by atoms with E-state index in [0.717, 1.165) is 41.5 Å². The highest BCUT2D eigenvalue weighted by atomic mass is 16.6. The van der Waals surface area contributed by atoms with Gasteiger partial charge in [-0.15, -0.1) is 0 Å². The van der Waals surface area contributed by atoms with Crippen LogP contribution in [-0.4, -0.2) is 48.8 Å². The molecule has 1 aliphatic heterocycles. The van der Waals surface area contributed by atoms with Gasteiger partial charge in [-0.05, 0) is 22.3 Å². The lowest BCUT2D eigenvalue weighted by molar-refractivity contribution is -0.896. The predicted octanol–water partition coefficient (Wildman–Crippen LogP) is 4.37. The number of likely N-dealkylation sites (tertiary alicyclic amines) is 1. The molecule has 1 N–H and O–H groups in total. The fourth-order valence-corrected chi connectivity index (χ4v) is 4.21. The van der Waals surface area contributed by atoms with Crippen molar-refractivity contribution in [3.05, 3.63) is 96.1 Å². The number of quaternary nitrogens is 1. The fraction of sp³-hybridized carbons (Fsp3) is 0.296. The molecule has 1 saturated heterocycles. The van der Waals surface area contributed by atoms with Crippen molar-refractivity contribution in [2.45, 2.75) is 24.5 Å². The molecular formula is C27H30NO3+.